The van der Waals surface area contributed by atoms with Crippen LogP contribution in [0, 0.1) is 11.8 Å². The summed E-state index contributed by atoms with van der Waals surface area (Å²) >= 11 is 0. The summed E-state index contributed by atoms with van der Waals surface area (Å²) in [4.78, 5) is 22.4. The molecule has 2 fully saturated rings. The maximum atomic E-state index is 12.6. The molecule has 102 valence electrons. The van der Waals surface area contributed by atoms with Gasteiger partial charge in [0, 0.05) is 5.92 Å². The molecule has 0 heterocycles. The number of carbonyl (C=O) groups is 2. The molecule has 2 unspecified atom stereocenters. The monoisotopic (exact) mass is 265 g/mol. The smallest absolute Gasteiger partial charge is 0.411 e. The van der Waals surface area contributed by atoms with E-state index in [4.69, 9.17) is 5.11 Å². The molecule has 0 aliphatic heterocycles. The van der Waals surface area contributed by atoms with E-state index in [-0.39, 0.29) is 19.3 Å². The van der Waals surface area contributed by atoms with Gasteiger partial charge in [-0.1, -0.05) is 0 Å². The van der Waals surface area contributed by atoms with Gasteiger partial charge in [0.2, 0.25) is 5.91 Å². The second-order valence-electron chi connectivity index (χ2n) is 5.11. The molecule has 2 rings (SSSR count). The zero-order chi connectivity index (χ0) is 13.6. The highest BCUT2D eigenvalue weighted by Crippen LogP contribution is 2.49. The summed E-state index contributed by atoms with van der Waals surface area (Å²) in [6.45, 7) is 0. The van der Waals surface area contributed by atoms with Crippen molar-refractivity contribution in [3.8, 4) is 0 Å². The highest BCUT2D eigenvalue weighted by atomic mass is 19.4. The van der Waals surface area contributed by atoms with Crippen molar-refractivity contribution in [3.05, 3.63) is 0 Å². The van der Waals surface area contributed by atoms with Crippen molar-refractivity contribution in [3.63, 3.8) is 0 Å². The van der Waals surface area contributed by atoms with Gasteiger partial charge < -0.3 is 10.4 Å². The topological polar surface area (TPSA) is 66.4 Å². The van der Waals surface area contributed by atoms with Gasteiger partial charge >= 0.3 is 12.1 Å². The molecule has 0 spiro atoms. The number of carbonyl (C=O) groups excluding carboxylic acids is 1. The first-order valence-electron chi connectivity index (χ1n) is 5.87. The minimum absolute atomic E-state index is 0.0860. The molecular weight excluding hydrogens is 251 g/mol. The standard InChI is InChI=1S/C11H14F3NO3/c12-11(13,14)10(3-4-10)15-8(16)6-1-2-7(5-6)9(17)18/h6-7H,1-5H2,(H,15,16)(H,17,18). The Bertz CT molecular complexity index is 376. The first-order chi connectivity index (χ1) is 8.25. The third-order valence-corrected chi connectivity index (χ3v) is 3.81. The highest BCUT2D eigenvalue weighted by Gasteiger charge is 2.64. The van der Waals surface area contributed by atoms with Gasteiger partial charge in [0.25, 0.3) is 0 Å². The van der Waals surface area contributed by atoms with Crippen LogP contribution < -0.4 is 5.32 Å². The molecule has 0 aromatic heterocycles. The van der Waals surface area contributed by atoms with Crippen LogP contribution in [0.4, 0.5) is 13.2 Å². The Hall–Kier alpha value is -1.27. The van der Waals surface area contributed by atoms with Gasteiger partial charge in [-0.25, -0.2) is 0 Å². The average Bonchev–Trinajstić information content (AvgIpc) is 2.87. The Kier molecular flexibility index (Phi) is 3.03. The van der Waals surface area contributed by atoms with E-state index in [0.717, 1.165) is 0 Å². The average molecular weight is 265 g/mol. The van der Waals surface area contributed by atoms with Gasteiger partial charge in [-0.2, -0.15) is 13.2 Å². The Labute approximate surface area is 102 Å². The molecule has 18 heavy (non-hydrogen) atoms. The number of hydrogen-bond acceptors (Lipinski definition) is 2. The molecule has 0 bridgehead atoms. The second kappa shape index (κ2) is 4.13. The summed E-state index contributed by atoms with van der Waals surface area (Å²) in [6.07, 6.45) is -3.76. The number of carboxylic acids is 1. The van der Waals surface area contributed by atoms with Crippen LogP contribution in [0.2, 0.25) is 0 Å². The van der Waals surface area contributed by atoms with E-state index in [0.29, 0.717) is 12.8 Å². The maximum Gasteiger partial charge on any atom is 0.411 e. The maximum absolute atomic E-state index is 12.6. The SMILES string of the molecule is O=C(O)C1CCC(C(=O)NC2(C(F)(F)F)CC2)C1. The number of amides is 1. The summed E-state index contributed by atoms with van der Waals surface area (Å²) in [5, 5.41) is 10.8. The van der Waals surface area contributed by atoms with E-state index in [2.05, 4.69) is 5.32 Å². The van der Waals surface area contributed by atoms with E-state index in [1.807, 2.05) is 0 Å². The molecule has 2 aliphatic rings. The number of nitrogens with one attached hydrogen (secondary N) is 1. The van der Waals surface area contributed by atoms with Crippen molar-refractivity contribution < 1.29 is 27.9 Å². The molecule has 0 radical (unpaired) electrons. The van der Waals surface area contributed by atoms with Gasteiger partial charge in [-0.3, -0.25) is 9.59 Å². The lowest BCUT2D eigenvalue weighted by atomic mass is 10.0. The summed E-state index contributed by atoms with van der Waals surface area (Å²) in [5.74, 6) is -2.86. The fourth-order valence-electron chi connectivity index (χ4n) is 2.39. The van der Waals surface area contributed by atoms with Crippen molar-refractivity contribution in [2.45, 2.75) is 43.8 Å². The van der Waals surface area contributed by atoms with Gasteiger partial charge in [-0.15, -0.1) is 0 Å². The number of alkyl halides is 3. The third kappa shape index (κ3) is 2.30. The molecule has 0 aromatic carbocycles. The van der Waals surface area contributed by atoms with Crippen LogP contribution in [0.5, 0.6) is 0 Å². The van der Waals surface area contributed by atoms with Crippen LogP contribution in [0.15, 0.2) is 0 Å². The summed E-state index contributed by atoms with van der Waals surface area (Å²) in [7, 11) is 0. The van der Waals surface area contributed by atoms with Gasteiger partial charge in [0.15, 0.2) is 0 Å². The highest BCUT2D eigenvalue weighted by molar-refractivity contribution is 5.82. The van der Waals surface area contributed by atoms with Crippen LogP contribution in [-0.4, -0.2) is 28.7 Å². The Morgan fingerprint density at radius 1 is 1.17 bits per heavy atom. The van der Waals surface area contributed by atoms with Crippen molar-refractivity contribution in [1.29, 1.82) is 0 Å². The number of halogens is 3. The predicted octanol–water partition coefficient (Wildman–Crippen LogP) is 1.70. The zero-order valence-electron chi connectivity index (χ0n) is 9.59. The van der Waals surface area contributed by atoms with Crippen LogP contribution in [0.25, 0.3) is 0 Å². The number of aliphatic carboxylic acids is 1. The minimum atomic E-state index is -4.42. The van der Waals surface area contributed by atoms with Crippen LogP contribution in [-0.2, 0) is 9.59 Å². The molecule has 2 saturated carbocycles. The predicted molar refractivity (Wildman–Crippen MR) is 54.6 cm³/mol. The Balaban J connectivity index is 1.92. The molecular formula is C11H14F3NO3. The molecule has 1 amide bonds. The number of rotatable bonds is 3. The van der Waals surface area contributed by atoms with E-state index in [1.165, 1.54) is 0 Å². The minimum Gasteiger partial charge on any atom is -0.481 e. The summed E-state index contributed by atoms with van der Waals surface area (Å²) in [5.41, 5.74) is -2.05. The van der Waals surface area contributed by atoms with E-state index >= 15 is 0 Å². The molecule has 0 saturated heterocycles. The Morgan fingerprint density at radius 2 is 1.72 bits per heavy atom. The number of hydrogen-bond donors (Lipinski definition) is 2. The van der Waals surface area contributed by atoms with E-state index < -0.39 is 35.4 Å². The third-order valence-electron chi connectivity index (χ3n) is 3.81. The largest absolute Gasteiger partial charge is 0.481 e. The molecule has 0 aromatic rings. The number of carboxylic acid groups (broad SMARTS) is 1. The molecule has 7 heteroatoms. The van der Waals surface area contributed by atoms with Crippen molar-refractivity contribution >= 4 is 11.9 Å². The fraction of sp³-hybridized carbons (Fsp3) is 0.818. The lowest BCUT2D eigenvalue weighted by molar-refractivity contribution is -0.171. The normalized spacial score (nSPS) is 29.9. The second-order valence-corrected chi connectivity index (χ2v) is 5.11. The quantitative estimate of drug-likeness (QED) is 0.816. The van der Waals surface area contributed by atoms with Crippen molar-refractivity contribution in [2.75, 3.05) is 0 Å². The molecule has 2 N–H and O–H groups in total. The van der Waals surface area contributed by atoms with Crippen LogP contribution in [0.3, 0.4) is 0 Å². The first-order valence-corrected chi connectivity index (χ1v) is 5.87. The lowest BCUT2D eigenvalue weighted by Gasteiger charge is -2.22. The molecule has 2 aliphatic carbocycles. The van der Waals surface area contributed by atoms with Crippen molar-refractivity contribution in [2.24, 2.45) is 11.8 Å². The molecule has 4 nitrogen and oxygen atoms in total. The fourth-order valence-corrected chi connectivity index (χ4v) is 2.39. The zero-order valence-corrected chi connectivity index (χ0v) is 9.59. The van der Waals surface area contributed by atoms with Gasteiger partial charge in [-0.05, 0) is 32.1 Å². The van der Waals surface area contributed by atoms with E-state index in [1.54, 1.807) is 0 Å². The first kappa shape index (κ1) is 13.2. The van der Waals surface area contributed by atoms with Crippen LogP contribution >= 0.6 is 0 Å². The van der Waals surface area contributed by atoms with E-state index in [9.17, 15) is 22.8 Å². The summed E-state index contributed by atoms with van der Waals surface area (Å²) < 4.78 is 37.9. The van der Waals surface area contributed by atoms with Crippen LogP contribution in [0.1, 0.15) is 32.1 Å². The summed E-state index contributed by atoms with van der Waals surface area (Å²) in [6, 6.07) is 0. The van der Waals surface area contributed by atoms with Gasteiger partial charge in [0.1, 0.15) is 5.54 Å². The van der Waals surface area contributed by atoms with Gasteiger partial charge in [0.05, 0.1) is 5.92 Å². The van der Waals surface area contributed by atoms with Crippen molar-refractivity contribution in [1.82, 2.24) is 5.32 Å². The lowest BCUT2D eigenvalue weighted by Crippen LogP contribution is -2.49. The Morgan fingerprint density at radius 3 is 2.11 bits per heavy atom. The molecule has 2 atom stereocenters.